The van der Waals surface area contributed by atoms with E-state index in [2.05, 4.69) is 0 Å². The van der Waals surface area contributed by atoms with Crippen molar-refractivity contribution in [2.45, 2.75) is 0 Å². The summed E-state index contributed by atoms with van der Waals surface area (Å²) in [7, 11) is 1.50. The lowest BCUT2D eigenvalue weighted by Crippen LogP contribution is -2.19. The molecule has 1 aromatic carbocycles. The van der Waals surface area contributed by atoms with Gasteiger partial charge >= 0.3 is 5.97 Å². The van der Waals surface area contributed by atoms with Crippen molar-refractivity contribution < 1.29 is 19.1 Å². The topological polar surface area (TPSA) is 78.6 Å². The molecule has 17 heavy (non-hydrogen) atoms. The number of methoxy groups -OCH3 is 1. The van der Waals surface area contributed by atoms with E-state index in [1.54, 1.807) is 18.2 Å². The highest BCUT2D eigenvalue weighted by molar-refractivity contribution is 5.79. The summed E-state index contributed by atoms with van der Waals surface area (Å²) in [6.45, 7) is -0.214. The van der Waals surface area contributed by atoms with Gasteiger partial charge in [0.15, 0.2) is 0 Å². The Balaban J connectivity index is 3.06. The molecular formula is C12H13NO4. The average Bonchev–Trinajstić information content (AvgIpc) is 2.36. The summed E-state index contributed by atoms with van der Waals surface area (Å²) in [6, 6.07) is 4.93. The summed E-state index contributed by atoms with van der Waals surface area (Å²) >= 11 is 0. The molecule has 1 rings (SSSR count). The Kier molecular flexibility index (Phi) is 4.90. The summed E-state index contributed by atoms with van der Waals surface area (Å²) in [5.74, 6) is 0.296. The number of esters is 1. The third kappa shape index (κ3) is 3.73. The smallest absolute Gasteiger partial charge is 0.325 e. The molecule has 0 unspecified atom stereocenters. The zero-order valence-corrected chi connectivity index (χ0v) is 9.38. The fraction of sp³-hybridized carbons (Fsp3) is 0.167. The monoisotopic (exact) mass is 235 g/mol. The van der Waals surface area contributed by atoms with Gasteiger partial charge in [-0.2, -0.15) is 0 Å². The number of hydrogen-bond acceptors (Lipinski definition) is 5. The Hall–Kier alpha value is -2.14. The molecule has 0 fully saturated rings. The third-order valence-corrected chi connectivity index (χ3v) is 1.97. The molecule has 0 heterocycles. The van der Waals surface area contributed by atoms with Crippen molar-refractivity contribution in [3.63, 3.8) is 0 Å². The second-order valence-corrected chi connectivity index (χ2v) is 3.08. The maximum absolute atomic E-state index is 11.1. The molecule has 0 amide bonds. The van der Waals surface area contributed by atoms with Crippen LogP contribution in [0.2, 0.25) is 0 Å². The number of carbonyl (C=O) groups excluding carboxylic acids is 2. The predicted molar refractivity (Wildman–Crippen MR) is 62.8 cm³/mol. The molecule has 0 aliphatic heterocycles. The van der Waals surface area contributed by atoms with Crippen molar-refractivity contribution in [2.24, 2.45) is 5.73 Å². The summed E-state index contributed by atoms with van der Waals surface area (Å²) in [5.41, 5.74) is 5.76. The van der Waals surface area contributed by atoms with E-state index < -0.39 is 5.97 Å². The van der Waals surface area contributed by atoms with Crippen molar-refractivity contribution in [3.05, 3.63) is 29.8 Å². The van der Waals surface area contributed by atoms with E-state index in [0.717, 1.165) is 0 Å². The van der Waals surface area contributed by atoms with Crippen LogP contribution in [-0.2, 0) is 9.59 Å². The Bertz CT molecular complexity index is 440. The number of ether oxygens (including phenoxy) is 2. The van der Waals surface area contributed by atoms with Crippen LogP contribution in [0.3, 0.4) is 0 Å². The molecule has 0 aliphatic rings. The van der Waals surface area contributed by atoms with Crippen molar-refractivity contribution in [1.82, 2.24) is 0 Å². The van der Waals surface area contributed by atoms with Gasteiger partial charge in [-0.3, -0.25) is 9.59 Å². The fourth-order valence-corrected chi connectivity index (χ4v) is 1.18. The predicted octanol–water partition coefficient (Wildman–Crippen LogP) is 0.771. The zero-order valence-electron chi connectivity index (χ0n) is 9.38. The highest BCUT2D eigenvalue weighted by Crippen LogP contribution is 2.25. The van der Waals surface area contributed by atoms with E-state index in [1.165, 1.54) is 19.3 Å². The molecule has 2 N–H and O–H groups in total. The largest absolute Gasteiger partial charge is 0.497 e. The molecule has 0 bridgehead atoms. The molecule has 0 saturated carbocycles. The van der Waals surface area contributed by atoms with Crippen LogP contribution in [0.25, 0.3) is 6.08 Å². The molecule has 0 aliphatic carbocycles. The van der Waals surface area contributed by atoms with Crippen LogP contribution in [0, 0.1) is 0 Å². The summed E-state index contributed by atoms with van der Waals surface area (Å²) in [6.07, 6.45) is 3.48. The van der Waals surface area contributed by atoms with Crippen molar-refractivity contribution in [1.29, 1.82) is 0 Å². The highest BCUT2D eigenvalue weighted by atomic mass is 16.5. The highest BCUT2D eigenvalue weighted by Gasteiger charge is 2.07. The minimum Gasteiger partial charge on any atom is -0.497 e. The number of carbonyl (C=O) groups is 2. The first-order chi connectivity index (χ1) is 8.21. The van der Waals surface area contributed by atoms with E-state index >= 15 is 0 Å². The van der Waals surface area contributed by atoms with E-state index in [1.807, 2.05) is 0 Å². The SMILES string of the molecule is COc1ccc(/C=C/C=O)c(OC(=O)CN)c1. The number of aldehydes is 1. The Morgan fingerprint density at radius 3 is 2.82 bits per heavy atom. The van der Waals surface area contributed by atoms with Gasteiger partial charge in [0.2, 0.25) is 0 Å². The van der Waals surface area contributed by atoms with Crippen LogP contribution in [0.4, 0.5) is 0 Å². The van der Waals surface area contributed by atoms with Gasteiger partial charge in [-0.05, 0) is 24.3 Å². The first-order valence-electron chi connectivity index (χ1n) is 4.92. The van der Waals surface area contributed by atoms with Crippen LogP contribution in [0.15, 0.2) is 24.3 Å². The van der Waals surface area contributed by atoms with Crippen LogP contribution in [0.1, 0.15) is 5.56 Å². The van der Waals surface area contributed by atoms with Gasteiger partial charge in [-0.25, -0.2) is 0 Å². The Labute approximate surface area is 98.8 Å². The number of allylic oxidation sites excluding steroid dienone is 1. The van der Waals surface area contributed by atoms with Crippen LogP contribution < -0.4 is 15.2 Å². The van der Waals surface area contributed by atoms with Gasteiger partial charge in [-0.15, -0.1) is 0 Å². The molecule has 0 aromatic heterocycles. The summed E-state index contributed by atoms with van der Waals surface area (Å²) in [5, 5.41) is 0. The van der Waals surface area contributed by atoms with Gasteiger partial charge in [0, 0.05) is 11.6 Å². The summed E-state index contributed by atoms with van der Waals surface area (Å²) in [4.78, 5) is 21.4. The Morgan fingerprint density at radius 1 is 1.47 bits per heavy atom. The van der Waals surface area contributed by atoms with Gasteiger partial charge in [-0.1, -0.05) is 0 Å². The quantitative estimate of drug-likeness (QED) is 0.353. The molecule has 0 atom stereocenters. The third-order valence-electron chi connectivity index (χ3n) is 1.97. The lowest BCUT2D eigenvalue weighted by molar-refractivity contribution is -0.132. The molecule has 5 heteroatoms. The normalized spacial score (nSPS) is 10.2. The first kappa shape index (κ1) is 12.9. The molecule has 5 nitrogen and oxygen atoms in total. The molecular weight excluding hydrogens is 222 g/mol. The molecule has 90 valence electrons. The number of benzene rings is 1. The summed E-state index contributed by atoms with van der Waals surface area (Å²) < 4.78 is 10.0. The van der Waals surface area contributed by atoms with Gasteiger partial charge in [0.1, 0.15) is 17.8 Å². The second kappa shape index (κ2) is 6.44. The van der Waals surface area contributed by atoms with E-state index in [9.17, 15) is 9.59 Å². The van der Waals surface area contributed by atoms with E-state index in [0.29, 0.717) is 23.3 Å². The molecule has 0 spiro atoms. The minimum absolute atomic E-state index is 0.214. The van der Waals surface area contributed by atoms with Gasteiger partial charge in [0.25, 0.3) is 0 Å². The lowest BCUT2D eigenvalue weighted by Gasteiger charge is -2.08. The minimum atomic E-state index is -0.556. The average molecular weight is 235 g/mol. The lowest BCUT2D eigenvalue weighted by atomic mass is 10.2. The number of hydrogen-bond donors (Lipinski definition) is 1. The molecule has 0 saturated heterocycles. The first-order valence-corrected chi connectivity index (χ1v) is 4.92. The molecule has 1 aromatic rings. The number of rotatable bonds is 5. The van der Waals surface area contributed by atoms with Crippen molar-refractivity contribution in [2.75, 3.05) is 13.7 Å². The standard InChI is InChI=1S/C12H13NO4/c1-16-10-5-4-9(3-2-6-14)11(7-10)17-12(15)8-13/h2-7H,8,13H2,1H3/b3-2+. The molecule has 0 radical (unpaired) electrons. The van der Waals surface area contributed by atoms with Crippen molar-refractivity contribution in [3.8, 4) is 11.5 Å². The second-order valence-electron chi connectivity index (χ2n) is 3.08. The Morgan fingerprint density at radius 2 is 2.24 bits per heavy atom. The van der Waals surface area contributed by atoms with Gasteiger partial charge in [0.05, 0.1) is 13.7 Å². The van der Waals surface area contributed by atoms with Crippen LogP contribution in [0.5, 0.6) is 11.5 Å². The van der Waals surface area contributed by atoms with Crippen molar-refractivity contribution >= 4 is 18.3 Å². The fourth-order valence-electron chi connectivity index (χ4n) is 1.18. The maximum Gasteiger partial charge on any atom is 0.325 e. The van der Waals surface area contributed by atoms with Crippen LogP contribution in [-0.4, -0.2) is 25.9 Å². The van der Waals surface area contributed by atoms with E-state index in [4.69, 9.17) is 15.2 Å². The van der Waals surface area contributed by atoms with E-state index in [-0.39, 0.29) is 6.54 Å². The van der Waals surface area contributed by atoms with Gasteiger partial charge < -0.3 is 15.2 Å². The number of nitrogens with two attached hydrogens (primary N) is 1. The maximum atomic E-state index is 11.1. The zero-order chi connectivity index (χ0) is 12.7. The van der Waals surface area contributed by atoms with Crippen LogP contribution >= 0.6 is 0 Å².